The monoisotopic (exact) mass is 262 g/mol. The van der Waals surface area contributed by atoms with Crippen LogP contribution in [0.25, 0.3) is 0 Å². The molecule has 104 valence electrons. The minimum Gasteiger partial charge on any atom is -0.496 e. The van der Waals surface area contributed by atoms with Crippen molar-refractivity contribution in [2.45, 2.75) is 32.7 Å². The molecule has 1 saturated heterocycles. The van der Waals surface area contributed by atoms with E-state index in [2.05, 4.69) is 5.32 Å². The number of benzene rings is 1. The van der Waals surface area contributed by atoms with Crippen LogP contribution < -0.4 is 15.0 Å². The van der Waals surface area contributed by atoms with Crippen LogP contribution in [0.1, 0.15) is 24.0 Å². The number of hydrogen-bond acceptors (Lipinski definition) is 3. The number of hydrogen-bond donors (Lipinski definition) is 1. The van der Waals surface area contributed by atoms with Crippen LogP contribution in [-0.4, -0.2) is 32.7 Å². The Morgan fingerprint density at radius 3 is 2.68 bits per heavy atom. The van der Waals surface area contributed by atoms with E-state index >= 15 is 0 Å². The van der Waals surface area contributed by atoms with Crippen LogP contribution >= 0.6 is 0 Å². The first kappa shape index (κ1) is 13.9. The molecule has 1 N–H and O–H groups in total. The van der Waals surface area contributed by atoms with E-state index in [4.69, 9.17) is 4.74 Å². The van der Waals surface area contributed by atoms with E-state index in [0.717, 1.165) is 42.0 Å². The minimum atomic E-state index is -0.0354. The van der Waals surface area contributed by atoms with Gasteiger partial charge >= 0.3 is 0 Å². The van der Waals surface area contributed by atoms with Gasteiger partial charge in [-0.15, -0.1) is 0 Å². The second-order valence-corrected chi connectivity index (χ2v) is 5.08. The Balaban J connectivity index is 2.26. The van der Waals surface area contributed by atoms with Gasteiger partial charge in [-0.05, 0) is 56.5 Å². The lowest BCUT2D eigenvalue weighted by molar-refractivity contribution is -0.119. The van der Waals surface area contributed by atoms with Gasteiger partial charge in [0.05, 0.1) is 13.2 Å². The standard InChI is InChI=1S/C15H22N2O2/c1-10-11(2)14(19-4)8-7-13(10)17(3)15(18)12-6-5-9-16-12/h7-8,12,16H,5-6,9H2,1-4H3. The summed E-state index contributed by atoms with van der Waals surface area (Å²) in [6.07, 6.45) is 2.00. The number of rotatable bonds is 3. The average molecular weight is 262 g/mol. The van der Waals surface area contributed by atoms with Crippen LogP contribution in [0, 0.1) is 13.8 Å². The Morgan fingerprint density at radius 2 is 2.11 bits per heavy atom. The molecule has 0 saturated carbocycles. The lowest BCUT2D eigenvalue weighted by Crippen LogP contribution is -2.42. The average Bonchev–Trinajstić information content (AvgIpc) is 2.94. The molecule has 1 unspecified atom stereocenters. The summed E-state index contributed by atoms with van der Waals surface area (Å²) < 4.78 is 5.31. The summed E-state index contributed by atoms with van der Waals surface area (Å²) in [4.78, 5) is 14.2. The van der Waals surface area contributed by atoms with E-state index in [-0.39, 0.29) is 11.9 Å². The molecule has 1 aromatic carbocycles. The smallest absolute Gasteiger partial charge is 0.243 e. The number of carbonyl (C=O) groups is 1. The van der Waals surface area contributed by atoms with Crippen molar-refractivity contribution in [2.24, 2.45) is 0 Å². The number of amides is 1. The first-order valence-corrected chi connectivity index (χ1v) is 6.71. The molecule has 1 atom stereocenters. The molecule has 4 nitrogen and oxygen atoms in total. The largest absolute Gasteiger partial charge is 0.496 e. The van der Waals surface area contributed by atoms with Gasteiger partial charge in [0.15, 0.2) is 0 Å². The van der Waals surface area contributed by atoms with E-state index in [1.54, 1.807) is 12.0 Å². The number of nitrogens with zero attached hydrogens (tertiary/aromatic N) is 1. The summed E-state index contributed by atoms with van der Waals surface area (Å²) in [6, 6.07) is 3.84. The fourth-order valence-electron chi connectivity index (χ4n) is 2.61. The summed E-state index contributed by atoms with van der Waals surface area (Å²) in [5.41, 5.74) is 3.13. The van der Waals surface area contributed by atoms with Crippen LogP contribution in [-0.2, 0) is 4.79 Å². The highest BCUT2D eigenvalue weighted by Gasteiger charge is 2.26. The van der Waals surface area contributed by atoms with Gasteiger partial charge in [-0.3, -0.25) is 4.79 Å². The third kappa shape index (κ3) is 2.59. The quantitative estimate of drug-likeness (QED) is 0.906. The van der Waals surface area contributed by atoms with Crippen LogP contribution in [0.2, 0.25) is 0 Å². The zero-order valence-corrected chi connectivity index (χ0v) is 12.1. The van der Waals surface area contributed by atoms with Crippen molar-refractivity contribution < 1.29 is 9.53 Å². The molecule has 1 aliphatic heterocycles. The molecule has 4 heteroatoms. The zero-order valence-electron chi connectivity index (χ0n) is 12.1. The highest BCUT2D eigenvalue weighted by molar-refractivity contribution is 5.97. The van der Waals surface area contributed by atoms with E-state index in [1.165, 1.54) is 0 Å². The van der Waals surface area contributed by atoms with Crippen LogP contribution in [0.5, 0.6) is 5.75 Å². The van der Waals surface area contributed by atoms with Gasteiger partial charge in [0.25, 0.3) is 0 Å². The number of carbonyl (C=O) groups excluding carboxylic acids is 1. The van der Waals surface area contributed by atoms with Crippen LogP contribution in [0.4, 0.5) is 5.69 Å². The predicted molar refractivity (Wildman–Crippen MR) is 76.9 cm³/mol. The van der Waals surface area contributed by atoms with Gasteiger partial charge in [0.2, 0.25) is 5.91 Å². The molecular formula is C15H22N2O2. The molecule has 1 fully saturated rings. The molecule has 0 spiro atoms. The van der Waals surface area contributed by atoms with E-state index < -0.39 is 0 Å². The predicted octanol–water partition coefficient (Wildman–Crippen LogP) is 2.03. The number of nitrogens with one attached hydrogen (secondary N) is 1. The van der Waals surface area contributed by atoms with Gasteiger partial charge < -0.3 is 15.0 Å². The third-order valence-electron chi connectivity index (χ3n) is 3.98. The molecule has 0 aliphatic carbocycles. The first-order valence-electron chi connectivity index (χ1n) is 6.71. The fourth-order valence-corrected chi connectivity index (χ4v) is 2.61. The molecule has 19 heavy (non-hydrogen) atoms. The van der Waals surface area contributed by atoms with Crippen LogP contribution in [0.3, 0.4) is 0 Å². The number of ether oxygens (including phenoxy) is 1. The molecule has 1 amide bonds. The molecule has 1 heterocycles. The highest BCUT2D eigenvalue weighted by atomic mass is 16.5. The van der Waals surface area contributed by atoms with Gasteiger partial charge in [0.1, 0.15) is 5.75 Å². The summed E-state index contributed by atoms with van der Waals surface area (Å²) >= 11 is 0. The Labute approximate surface area is 114 Å². The molecule has 1 aliphatic rings. The minimum absolute atomic E-state index is 0.0354. The van der Waals surface area contributed by atoms with E-state index in [9.17, 15) is 4.79 Å². The van der Waals surface area contributed by atoms with Crippen molar-refractivity contribution in [3.63, 3.8) is 0 Å². The van der Waals surface area contributed by atoms with Crippen LogP contribution in [0.15, 0.2) is 12.1 Å². The summed E-state index contributed by atoms with van der Waals surface area (Å²) in [5, 5.41) is 3.25. The Kier molecular flexibility index (Phi) is 4.10. The van der Waals surface area contributed by atoms with E-state index in [0.29, 0.717) is 0 Å². The Morgan fingerprint density at radius 1 is 1.37 bits per heavy atom. The first-order chi connectivity index (χ1) is 9.06. The number of methoxy groups -OCH3 is 1. The van der Waals surface area contributed by atoms with Gasteiger partial charge in [-0.1, -0.05) is 0 Å². The maximum atomic E-state index is 12.4. The SMILES string of the molecule is COc1ccc(N(C)C(=O)C2CCCN2)c(C)c1C. The van der Waals surface area contributed by atoms with Crippen molar-refractivity contribution in [3.8, 4) is 5.75 Å². The third-order valence-corrected chi connectivity index (χ3v) is 3.98. The van der Waals surface area contributed by atoms with Crippen molar-refractivity contribution in [3.05, 3.63) is 23.3 Å². The maximum Gasteiger partial charge on any atom is 0.243 e. The van der Waals surface area contributed by atoms with Crippen molar-refractivity contribution in [1.82, 2.24) is 5.32 Å². The molecule has 1 aromatic rings. The lowest BCUT2D eigenvalue weighted by Gasteiger charge is -2.24. The van der Waals surface area contributed by atoms with Crippen molar-refractivity contribution in [2.75, 3.05) is 25.6 Å². The molecule has 2 rings (SSSR count). The number of anilines is 1. The maximum absolute atomic E-state index is 12.4. The van der Waals surface area contributed by atoms with Crippen molar-refractivity contribution in [1.29, 1.82) is 0 Å². The van der Waals surface area contributed by atoms with Gasteiger partial charge in [0, 0.05) is 12.7 Å². The van der Waals surface area contributed by atoms with Gasteiger partial charge in [-0.25, -0.2) is 0 Å². The molecule has 0 radical (unpaired) electrons. The zero-order chi connectivity index (χ0) is 14.0. The molecule has 0 bridgehead atoms. The lowest BCUT2D eigenvalue weighted by atomic mass is 10.1. The fraction of sp³-hybridized carbons (Fsp3) is 0.533. The Bertz CT molecular complexity index is 479. The summed E-state index contributed by atoms with van der Waals surface area (Å²) in [7, 11) is 3.51. The van der Waals surface area contributed by atoms with E-state index in [1.807, 2.05) is 33.0 Å². The second-order valence-electron chi connectivity index (χ2n) is 5.08. The molecule has 0 aromatic heterocycles. The summed E-state index contributed by atoms with van der Waals surface area (Å²) in [5.74, 6) is 1.01. The van der Waals surface area contributed by atoms with Crippen molar-refractivity contribution >= 4 is 11.6 Å². The Hall–Kier alpha value is -1.55. The second kappa shape index (κ2) is 5.61. The van der Waals surface area contributed by atoms with Gasteiger partial charge in [-0.2, -0.15) is 0 Å². The highest BCUT2D eigenvalue weighted by Crippen LogP contribution is 2.29. The molecular weight excluding hydrogens is 240 g/mol. The topological polar surface area (TPSA) is 41.6 Å². The number of likely N-dealkylation sites (N-methyl/N-ethyl adjacent to an activating group) is 1. The summed E-state index contributed by atoms with van der Waals surface area (Å²) in [6.45, 7) is 4.98. The normalized spacial score (nSPS) is 18.4.